The molecule has 90 valence electrons. The van der Waals surface area contributed by atoms with Crippen molar-refractivity contribution in [1.29, 1.82) is 0 Å². The van der Waals surface area contributed by atoms with Crippen LogP contribution in [-0.4, -0.2) is 33.7 Å². The molecule has 2 aromatic heterocycles. The van der Waals surface area contributed by atoms with E-state index in [0.717, 1.165) is 29.3 Å². The molecule has 5 nitrogen and oxygen atoms in total. The molecular formula is C11H14BrN5. The zero-order valence-corrected chi connectivity index (χ0v) is 10.9. The average Bonchev–Trinajstić information content (AvgIpc) is 3.04. The van der Waals surface area contributed by atoms with Gasteiger partial charge in [-0.2, -0.15) is 4.98 Å². The van der Waals surface area contributed by atoms with Crippen LogP contribution in [0.5, 0.6) is 0 Å². The minimum absolute atomic E-state index is 0.675. The van der Waals surface area contributed by atoms with Gasteiger partial charge in [-0.25, -0.2) is 4.52 Å². The average molecular weight is 296 g/mol. The Bertz CT molecular complexity index is 520. The Labute approximate surface area is 108 Å². The number of hydrogen-bond donors (Lipinski definition) is 2. The van der Waals surface area contributed by atoms with Crippen molar-refractivity contribution in [3.63, 3.8) is 0 Å². The molecular weight excluding hydrogens is 282 g/mol. The van der Waals surface area contributed by atoms with Gasteiger partial charge in [-0.1, -0.05) is 0 Å². The second-order valence-electron chi connectivity index (χ2n) is 4.21. The van der Waals surface area contributed by atoms with Crippen LogP contribution in [0.15, 0.2) is 22.8 Å². The Balaban J connectivity index is 1.62. The van der Waals surface area contributed by atoms with Crippen LogP contribution >= 0.6 is 15.9 Å². The molecule has 0 atom stereocenters. The fourth-order valence-corrected chi connectivity index (χ4v) is 2.11. The van der Waals surface area contributed by atoms with Crippen molar-refractivity contribution in [2.24, 2.45) is 0 Å². The summed E-state index contributed by atoms with van der Waals surface area (Å²) >= 11 is 3.46. The third-order valence-electron chi connectivity index (χ3n) is 2.73. The van der Waals surface area contributed by atoms with Gasteiger partial charge in [-0.05, 0) is 40.9 Å². The van der Waals surface area contributed by atoms with Gasteiger partial charge in [0, 0.05) is 25.3 Å². The van der Waals surface area contributed by atoms with Gasteiger partial charge in [-0.15, -0.1) is 5.10 Å². The maximum Gasteiger partial charge on any atom is 0.243 e. The molecule has 1 aliphatic carbocycles. The third-order valence-corrected chi connectivity index (χ3v) is 3.35. The summed E-state index contributed by atoms with van der Waals surface area (Å²) in [5, 5.41) is 11.0. The molecule has 0 spiro atoms. The zero-order valence-electron chi connectivity index (χ0n) is 9.36. The van der Waals surface area contributed by atoms with E-state index in [1.165, 1.54) is 12.8 Å². The lowest BCUT2D eigenvalue weighted by Gasteiger charge is -2.02. The molecule has 0 aromatic carbocycles. The minimum Gasteiger partial charge on any atom is -0.352 e. The van der Waals surface area contributed by atoms with Crippen molar-refractivity contribution in [3.05, 3.63) is 22.8 Å². The molecule has 0 saturated heterocycles. The van der Waals surface area contributed by atoms with Crippen molar-refractivity contribution in [2.45, 2.75) is 18.9 Å². The van der Waals surface area contributed by atoms with Crippen molar-refractivity contribution < 1.29 is 0 Å². The van der Waals surface area contributed by atoms with E-state index in [9.17, 15) is 0 Å². The smallest absolute Gasteiger partial charge is 0.243 e. The first kappa shape index (κ1) is 11.0. The van der Waals surface area contributed by atoms with Crippen LogP contribution in [0, 0.1) is 0 Å². The summed E-state index contributed by atoms with van der Waals surface area (Å²) in [5.74, 6) is 0.675. The fourth-order valence-electron chi connectivity index (χ4n) is 1.69. The van der Waals surface area contributed by atoms with Crippen LogP contribution in [0.3, 0.4) is 0 Å². The number of rotatable bonds is 5. The first-order chi connectivity index (χ1) is 8.33. The molecule has 0 amide bonds. The number of fused-ring (bicyclic) bond motifs is 1. The topological polar surface area (TPSA) is 54.2 Å². The third kappa shape index (κ3) is 2.58. The monoisotopic (exact) mass is 295 g/mol. The predicted molar refractivity (Wildman–Crippen MR) is 70.2 cm³/mol. The van der Waals surface area contributed by atoms with Crippen molar-refractivity contribution in [3.8, 4) is 0 Å². The predicted octanol–water partition coefficient (Wildman–Crippen LogP) is 1.66. The standard InChI is InChI=1S/C11H14BrN5/c12-9-2-1-7-17-10(9)15-11(16-17)14-6-5-13-8-3-4-8/h1-2,7-8,13H,3-6H2,(H,14,16). The van der Waals surface area contributed by atoms with Gasteiger partial charge in [-0.3, -0.25) is 0 Å². The summed E-state index contributed by atoms with van der Waals surface area (Å²) < 4.78 is 2.72. The Morgan fingerprint density at radius 1 is 1.41 bits per heavy atom. The molecule has 1 aliphatic rings. The molecule has 2 N–H and O–H groups in total. The van der Waals surface area contributed by atoms with E-state index in [2.05, 4.69) is 36.6 Å². The number of hydrogen-bond acceptors (Lipinski definition) is 4. The maximum absolute atomic E-state index is 4.41. The summed E-state index contributed by atoms with van der Waals surface area (Å²) in [4.78, 5) is 4.41. The Morgan fingerprint density at radius 3 is 3.06 bits per heavy atom. The quantitative estimate of drug-likeness (QED) is 0.824. The van der Waals surface area contributed by atoms with Crippen LogP contribution in [0.1, 0.15) is 12.8 Å². The lowest BCUT2D eigenvalue weighted by Crippen LogP contribution is -2.24. The molecule has 0 radical (unpaired) electrons. The van der Waals surface area contributed by atoms with Crippen LogP contribution in [0.4, 0.5) is 5.95 Å². The first-order valence-electron chi connectivity index (χ1n) is 5.81. The first-order valence-corrected chi connectivity index (χ1v) is 6.60. The van der Waals surface area contributed by atoms with Gasteiger partial charge < -0.3 is 10.6 Å². The van der Waals surface area contributed by atoms with E-state index in [4.69, 9.17) is 0 Å². The SMILES string of the molecule is Brc1cccn2nc(NCCNC3CC3)nc12. The number of nitrogens with zero attached hydrogens (tertiary/aromatic N) is 3. The van der Waals surface area contributed by atoms with Crippen LogP contribution in [-0.2, 0) is 0 Å². The van der Waals surface area contributed by atoms with Gasteiger partial charge in [0.15, 0.2) is 5.65 Å². The molecule has 2 aromatic rings. The number of anilines is 1. The molecule has 17 heavy (non-hydrogen) atoms. The van der Waals surface area contributed by atoms with Gasteiger partial charge in [0.1, 0.15) is 0 Å². The number of pyridine rings is 1. The van der Waals surface area contributed by atoms with E-state index in [1.54, 1.807) is 4.52 Å². The van der Waals surface area contributed by atoms with E-state index < -0.39 is 0 Å². The molecule has 2 heterocycles. The minimum atomic E-state index is 0.675. The molecule has 0 aliphatic heterocycles. The lowest BCUT2D eigenvalue weighted by atomic mass is 10.5. The highest BCUT2D eigenvalue weighted by Crippen LogP contribution is 2.18. The lowest BCUT2D eigenvalue weighted by molar-refractivity contribution is 0.699. The molecule has 1 saturated carbocycles. The fraction of sp³-hybridized carbons (Fsp3) is 0.455. The molecule has 6 heteroatoms. The van der Waals surface area contributed by atoms with Crippen molar-refractivity contribution in [2.75, 3.05) is 18.4 Å². The van der Waals surface area contributed by atoms with E-state index in [1.807, 2.05) is 18.3 Å². The van der Waals surface area contributed by atoms with Crippen LogP contribution in [0.25, 0.3) is 5.65 Å². The van der Waals surface area contributed by atoms with E-state index >= 15 is 0 Å². The zero-order chi connectivity index (χ0) is 11.7. The highest BCUT2D eigenvalue weighted by Gasteiger charge is 2.19. The largest absolute Gasteiger partial charge is 0.352 e. The second kappa shape index (κ2) is 4.62. The van der Waals surface area contributed by atoms with E-state index in [0.29, 0.717) is 5.95 Å². The highest BCUT2D eigenvalue weighted by atomic mass is 79.9. The van der Waals surface area contributed by atoms with E-state index in [-0.39, 0.29) is 0 Å². The van der Waals surface area contributed by atoms with Gasteiger partial charge in [0.2, 0.25) is 5.95 Å². The summed E-state index contributed by atoms with van der Waals surface area (Å²) in [5.41, 5.74) is 0.838. The Morgan fingerprint density at radius 2 is 2.29 bits per heavy atom. The molecule has 0 bridgehead atoms. The van der Waals surface area contributed by atoms with Crippen LogP contribution in [0.2, 0.25) is 0 Å². The molecule has 1 fully saturated rings. The molecule has 0 unspecified atom stereocenters. The number of nitrogens with one attached hydrogen (secondary N) is 2. The van der Waals surface area contributed by atoms with Crippen molar-refractivity contribution >= 4 is 27.5 Å². The van der Waals surface area contributed by atoms with Crippen LogP contribution < -0.4 is 10.6 Å². The molecule has 3 rings (SSSR count). The summed E-state index contributed by atoms with van der Waals surface area (Å²) in [6, 6.07) is 4.65. The number of halogens is 1. The van der Waals surface area contributed by atoms with Gasteiger partial charge in [0.25, 0.3) is 0 Å². The summed E-state index contributed by atoms with van der Waals surface area (Å²) in [6.07, 6.45) is 4.53. The van der Waals surface area contributed by atoms with Gasteiger partial charge in [0.05, 0.1) is 4.47 Å². The maximum atomic E-state index is 4.41. The number of aromatic nitrogens is 3. The Hall–Kier alpha value is -1.14. The second-order valence-corrected chi connectivity index (χ2v) is 5.07. The highest BCUT2D eigenvalue weighted by molar-refractivity contribution is 9.10. The van der Waals surface area contributed by atoms with Crippen molar-refractivity contribution in [1.82, 2.24) is 19.9 Å². The normalized spacial score (nSPS) is 15.4. The Kier molecular flexibility index (Phi) is 2.98. The summed E-state index contributed by atoms with van der Waals surface area (Å²) in [7, 11) is 0. The summed E-state index contributed by atoms with van der Waals surface area (Å²) in [6.45, 7) is 1.81. The van der Waals surface area contributed by atoms with Gasteiger partial charge >= 0.3 is 0 Å².